The van der Waals surface area contributed by atoms with Gasteiger partial charge < -0.3 is 14.7 Å². The smallest absolute Gasteiger partial charge is 0.303 e. The summed E-state index contributed by atoms with van der Waals surface area (Å²) in [5.74, 6) is -0.362. The summed E-state index contributed by atoms with van der Waals surface area (Å²) in [4.78, 5) is 13.0. The van der Waals surface area contributed by atoms with Crippen LogP contribution in [0.5, 0.6) is 0 Å². The fourth-order valence-corrected chi connectivity index (χ4v) is 2.25. The maximum Gasteiger partial charge on any atom is 0.303 e. The zero-order chi connectivity index (χ0) is 12.9. The fourth-order valence-electron chi connectivity index (χ4n) is 2.25. The van der Waals surface area contributed by atoms with Crippen LogP contribution in [0, 0.1) is 5.92 Å². The number of hydrogen-bond donors (Lipinski definition) is 1. The highest BCUT2D eigenvalue weighted by molar-refractivity contribution is 5.67. The normalized spacial score (nSPS) is 22.6. The standard InChI is InChI=1S/C13H25NO3/c1-13(2,3)17-8-7-14-6-4-5-11(10-14)9-12(15)16/h11H,4-10H2,1-3H3,(H,15,16). The third-order valence-corrected chi connectivity index (χ3v) is 3.01. The Morgan fingerprint density at radius 3 is 2.76 bits per heavy atom. The van der Waals surface area contributed by atoms with E-state index in [1.165, 1.54) is 0 Å². The zero-order valence-corrected chi connectivity index (χ0v) is 11.2. The summed E-state index contributed by atoms with van der Waals surface area (Å²) in [7, 11) is 0. The van der Waals surface area contributed by atoms with Crippen molar-refractivity contribution in [1.82, 2.24) is 4.90 Å². The number of likely N-dealkylation sites (tertiary alicyclic amines) is 1. The van der Waals surface area contributed by atoms with Crippen molar-refractivity contribution in [3.63, 3.8) is 0 Å². The summed E-state index contributed by atoms with van der Waals surface area (Å²) in [6, 6.07) is 0. The Bertz CT molecular complexity index is 248. The minimum Gasteiger partial charge on any atom is -0.481 e. The molecule has 1 aliphatic heterocycles. The molecule has 0 aliphatic carbocycles. The molecular weight excluding hydrogens is 218 g/mol. The van der Waals surface area contributed by atoms with E-state index >= 15 is 0 Å². The first kappa shape index (κ1) is 14.5. The molecule has 0 aromatic carbocycles. The highest BCUT2D eigenvalue weighted by Crippen LogP contribution is 2.19. The molecule has 1 atom stereocenters. The van der Waals surface area contributed by atoms with Crippen molar-refractivity contribution in [1.29, 1.82) is 0 Å². The van der Waals surface area contributed by atoms with Crippen molar-refractivity contribution in [2.75, 3.05) is 26.2 Å². The fraction of sp³-hybridized carbons (Fsp3) is 0.923. The molecule has 1 saturated heterocycles. The second kappa shape index (κ2) is 6.36. The van der Waals surface area contributed by atoms with Crippen molar-refractivity contribution >= 4 is 5.97 Å². The molecule has 0 amide bonds. The first-order chi connectivity index (χ1) is 7.87. The molecule has 0 saturated carbocycles. The first-order valence-electron chi connectivity index (χ1n) is 6.45. The average molecular weight is 243 g/mol. The third kappa shape index (κ3) is 6.64. The van der Waals surface area contributed by atoms with E-state index in [1.54, 1.807) is 0 Å². The second-order valence-corrected chi connectivity index (χ2v) is 5.87. The van der Waals surface area contributed by atoms with Gasteiger partial charge in [0.1, 0.15) is 0 Å². The molecule has 1 rings (SSSR count). The Morgan fingerprint density at radius 2 is 2.18 bits per heavy atom. The molecule has 1 aliphatic rings. The summed E-state index contributed by atoms with van der Waals surface area (Å²) < 4.78 is 5.69. The second-order valence-electron chi connectivity index (χ2n) is 5.87. The maximum atomic E-state index is 10.7. The van der Waals surface area contributed by atoms with E-state index in [0.717, 1.165) is 39.1 Å². The van der Waals surface area contributed by atoms with Gasteiger partial charge in [0.2, 0.25) is 0 Å². The van der Waals surface area contributed by atoms with Crippen LogP contribution in [0.25, 0.3) is 0 Å². The van der Waals surface area contributed by atoms with Crippen LogP contribution < -0.4 is 0 Å². The Balaban J connectivity index is 2.23. The van der Waals surface area contributed by atoms with Crippen molar-refractivity contribution < 1.29 is 14.6 Å². The number of carbonyl (C=O) groups is 1. The molecule has 0 radical (unpaired) electrons. The van der Waals surface area contributed by atoms with Crippen molar-refractivity contribution in [2.45, 2.75) is 45.6 Å². The minimum absolute atomic E-state index is 0.0871. The molecule has 0 aromatic rings. The molecule has 1 N–H and O–H groups in total. The van der Waals surface area contributed by atoms with Gasteiger partial charge >= 0.3 is 5.97 Å². The van der Waals surface area contributed by atoms with Crippen LogP contribution in [0.2, 0.25) is 0 Å². The van der Waals surface area contributed by atoms with E-state index in [0.29, 0.717) is 12.3 Å². The molecule has 4 nitrogen and oxygen atoms in total. The van der Waals surface area contributed by atoms with Crippen molar-refractivity contribution in [3.05, 3.63) is 0 Å². The van der Waals surface area contributed by atoms with E-state index in [-0.39, 0.29) is 5.60 Å². The van der Waals surface area contributed by atoms with E-state index < -0.39 is 5.97 Å². The first-order valence-corrected chi connectivity index (χ1v) is 6.45. The summed E-state index contributed by atoms with van der Waals surface area (Å²) in [6.45, 7) is 9.77. The average Bonchev–Trinajstić information content (AvgIpc) is 2.15. The Kier molecular flexibility index (Phi) is 5.40. The largest absolute Gasteiger partial charge is 0.481 e. The van der Waals surface area contributed by atoms with Gasteiger partial charge in [-0.25, -0.2) is 0 Å². The number of rotatable bonds is 5. The summed E-state index contributed by atoms with van der Waals surface area (Å²) in [5, 5.41) is 8.79. The van der Waals surface area contributed by atoms with Crippen LogP contribution >= 0.6 is 0 Å². The number of carboxylic acids is 1. The van der Waals surface area contributed by atoms with E-state index in [4.69, 9.17) is 9.84 Å². The molecular formula is C13H25NO3. The summed E-state index contributed by atoms with van der Waals surface area (Å²) in [5.41, 5.74) is -0.0871. The lowest BCUT2D eigenvalue weighted by Crippen LogP contribution is -2.39. The Labute approximate surface area is 104 Å². The van der Waals surface area contributed by atoms with Gasteiger partial charge in [-0.15, -0.1) is 0 Å². The maximum absolute atomic E-state index is 10.7. The zero-order valence-electron chi connectivity index (χ0n) is 11.2. The molecule has 0 spiro atoms. The Hall–Kier alpha value is -0.610. The molecule has 4 heteroatoms. The highest BCUT2D eigenvalue weighted by Gasteiger charge is 2.22. The van der Waals surface area contributed by atoms with Crippen LogP contribution in [0.4, 0.5) is 0 Å². The van der Waals surface area contributed by atoms with Gasteiger partial charge in [0.25, 0.3) is 0 Å². The van der Waals surface area contributed by atoms with Crippen LogP contribution in [-0.4, -0.2) is 47.8 Å². The predicted molar refractivity (Wildman–Crippen MR) is 67.1 cm³/mol. The van der Waals surface area contributed by atoms with E-state index in [2.05, 4.69) is 25.7 Å². The lowest BCUT2D eigenvalue weighted by Gasteiger charge is -2.32. The number of carboxylic acid groups (broad SMARTS) is 1. The van der Waals surface area contributed by atoms with Gasteiger partial charge in [-0.1, -0.05) is 0 Å². The quantitative estimate of drug-likeness (QED) is 0.802. The SMILES string of the molecule is CC(C)(C)OCCN1CCCC(CC(=O)O)C1. The molecule has 1 fully saturated rings. The molecule has 100 valence electrons. The third-order valence-electron chi connectivity index (χ3n) is 3.01. The number of hydrogen-bond acceptors (Lipinski definition) is 3. The number of aliphatic carboxylic acids is 1. The van der Waals surface area contributed by atoms with Crippen LogP contribution in [0.1, 0.15) is 40.0 Å². The number of ether oxygens (including phenoxy) is 1. The lowest BCUT2D eigenvalue weighted by molar-refractivity contribution is -0.138. The van der Waals surface area contributed by atoms with Gasteiger partial charge in [0.15, 0.2) is 0 Å². The molecule has 0 bridgehead atoms. The van der Waals surface area contributed by atoms with Gasteiger partial charge in [-0.05, 0) is 46.1 Å². The molecule has 1 unspecified atom stereocenters. The van der Waals surface area contributed by atoms with Gasteiger partial charge in [-0.3, -0.25) is 4.79 Å². The topological polar surface area (TPSA) is 49.8 Å². The predicted octanol–water partition coefficient (Wildman–Crippen LogP) is 1.99. The van der Waals surface area contributed by atoms with Crippen LogP contribution in [0.3, 0.4) is 0 Å². The van der Waals surface area contributed by atoms with E-state index in [9.17, 15) is 4.79 Å². The number of nitrogens with zero attached hydrogens (tertiary/aromatic N) is 1. The van der Waals surface area contributed by atoms with Crippen molar-refractivity contribution in [2.24, 2.45) is 5.92 Å². The monoisotopic (exact) mass is 243 g/mol. The molecule has 1 heterocycles. The van der Waals surface area contributed by atoms with E-state index in [1.807, 2.05) is 0 Å². The lowest BCUT2D eigenvalue weighted by atomic mass is 9.95. The molecule has 17 heavy (non-hydrogen) atoms. The van der Waals surface area contributed by atoms with Gasteiger partial charge in [0.05, 0.1) is 12.2 Å². The highest BCUT2D eigenvalue weighted by atomic mass is 16.5. The van der Waals surface area contributed by atoms with Gasteiger partial charge in [0, 0.05) is 19.5 Å². The van der Waals surface area contributed by atoms with Crippen LogP contribution in [0.15, 0.2) is 0 Å². The van der Waals surface area contributed by atoms with Crippen molar-refractivity contribution in [3.8, 4) is 0 Å². The summed E-state index contributed by atoms with van der Waals surface area (Å²) >= 11 is 0. The Morgan fingerprint density at radius 1 is 1.47 bits per heavy atom. The molecule has 0 aromatic heterocycles. The van der Waals surface area contributed by atoms with Gasteiger partial charge in [-0.2, -0.15) is 0 Å². The van der Waals surface area contributed by atoms with Crippen LogP contribution in [-0.2, 0) is 9.53 Å². The number of piperidine rings is 1. The summed E-state index contributed by atoms with van der Waals surface area (Å²) in [6.07, 6.45) is 2.45. The minimum atomic E-state index is -0.678.